The number of carbonyl (C=O) groups excluding carboxylic acids is 2. The van der Waals surface area contributed by atoms with Crippen LogP contribution in [0.5, 0.6) is 5.75 Å². The quantitative estimate of drug-likeness (QED) is 0.880. The lowest BCUT2D eigenvalue weighted by molar-refractivity contribution is -0.133. The Morgan fingerprint density at radius 2 is 2.08 bits per heavy atom. The Bertz CT molecular complexity index is 557. The first kappa shape index (κ1) is 16.8. The molecule has 6 nitrogen and oxygen atoms in total. The Balaban J connectivity index is 1.41. The molecule has 2 aliphatic rings. The van der Waals surface area contributed by atoms with Crippen LogP contribution in [0.3, 0.4) is 0 Å². The minimum Gasteiger partial charge on any atom is -0.484 e. The fourth-order valence-electron chi connectivity index (χ4n) is 3.12. The SMILES string of the molecule is O=C(N[C@@H]1CCN(C(=O)COc2ccccc2)C1)[C@@H]1CCCOC1. The van der Waals surface area contributed by atoms with Crippen molar-refractivity contribution in [3.8, 4) is 5.75 Å². The van der Waals surface area contributed by atoms with Gasteiger partial charge in [0.25, 0.3) is 5.91 Å². The zero-order valence-corrected chi connectivity index (χ0v) is 13.8. The van der Waals surface area contributed by atoms with Gasteiger partial charge in [-0.15, -0.1) is 0 Å². The van der Waals surface area contributed by atoms with Crippen molar-refractivity contribution in [2.45, 2.75) is 25.3 Å². The monoisotopic (exact) mass is 332 g/mol. The van der Waals surface area contributed by atoms with Crippen LogP contribution in [0.2, 0.25) is 0 Å². The van der Waals surface area contributed by atoms with E-state index in [-0.39, 0.29) is 30.4 Å². The van der Waals surface area contributed by atoms with E-state index in [1.807, 2.05) is 30.3 Å². The highest BCUT2D eigenvalue weighted by molar-refractivity contribution is 5.80. The van der Waals surface area contributed by atoms with Crippen molar-refractivity contribution >= 4 is 11.8 Å². The van der Waals surface area contributed by atoms with Crippen LogP contribution < -0.4 is 10.1 Å². The van der Waals surface area contributed by atoms with E-state index in [1.165, 1.54) is 0 Å². The predicted octanol–water partition coefficient (Wildman–Crippen LogP) is 1.21. The van der Waals surface area contributed by atoms with Gasteiger partial charge in [-0.2, -0.15) is 0 Å². The van der Waals surface area contributed by atoms with Crippen LogP contribution in [0.1, 0.15) is 19.3 Å². The Morgan fingerprint density at radius 1 is 1.25 bits per heavy atom. The fourth-order valence-corrected chi connectivity index (χ4v) is 3.12. The van der Waals surface area contributed by atoms with Crippen molar-refractivity contribution in [2.24, 2.45) is 5.92 Å². The minimum atomic E-state index is -0.0510. The second kappa shape index (κ2) is 8.15. The topological polar surface area (TPSA) is 67.9 Å². The Kier molecular flexibility index (Phi) is 5.69. The predicted molar refractivity (Wildman–Crippen MR) is 88.6 cm³/mol. The number of amides is 2. The number of nitrogens with one attached hydrogen (secondary N) is 1. The number of benzene rings is 1. The molecule has 2 saturated heterocycles. The highest BCUT2D eigenvalue weighted by Gasteiger charge is 2.30. The van der Waals surface area contributed by atoms with Gasteiger partial charge in [0.2, 0.25) is 5.91 Å². The zero-order valence-electron chi connectivity index (χ0n) is 13.8. The van der Waals surface area contributed by atoms with E-state index in [0.717, 1.165) is 25.9 Å². The number of rotatable bonds is 5. The summed E-state index contributed by atoms with van der Waals surface area (Å²) >= 11 is 0. The molecule has 0 unspecified atom stereocenters. The van der Waals surface area contributed by atoms with Crippen LogP contribution in [-0.2, 0) is 14.3 Å². The van der Waals surface area contributed by atoms with Gasteiger partial charge in [-0.1, -0.05) is 18.2 Å². The average molecular weight is 332 g/mol. The summed E-state index contributed by atoms with van der Waals surface area (Å²) in [4.78, 5) is 26.2. The number of para-hydroxylation sites is 1. The smallest absolute Gasteiger partial charge is 0.260 e. The molecule has 2 fully saturated rings. The van der Waals surface area contributed by atoms with Crippen LogP contribution in [-0.4, -0.2) is 55.7 Å². The van der Waals surface area contributed by atoms with Crippen molar-refractivity contribution in [3.05, 3.63) is 30.3 Å². The standard InChI is InChI=1S/C18H24N2O4/c21-17(13-24-16-6-2-1-3-7-16)20-9-8-15(11-20)19-18(22)14-5-4-10-23-12-14/h1-3,6-7,14-15H,4-5,8-13H2,(H,19,22)/t14-,15-/m1/s1. The van der Waals surface area contributed by atoms with Gasteiger partial charge in [0.05, 0.1) is 12.5 Å². The van der Waals surface area contributed by atoms with Gasteiger partial charge in [0.15, 0.2) is 6.61 Å². The minimum absolute atomic E-state index is 0.0279. The summed E-state index contributed by atoms with van der Waals surface area (Å²) in [5.74, 6) is 0.642. The fraction of sp³-hybridized carbons (Fsp3) is 0.556. The van der Waals surface area contributed by atoms with E-state index in [0.29, 0.717) is 25.4 Å². The molecule has 2 amide bonds. The normalized spacial score (nSPS) is 23.8. The van der Waals surface area contributed by atoms with Crippen LogP contribution in [0.4, 0.5) is 0 Å². The number of carbonyl (C=O) groups is 2. The van der Waals surface area contributed by atoms with Crippen LogP contribution >= 0.6 is 0 Å². The number of ether oxygens (including phenoxy) is 2. The average Bonchev–Trinajstić information content (AvgIpc) is 3.10. The molecule has 24 heavy (non-hydrogen) atoms. The van der Waals surface area contributed by atoms with Gasteiger partial charge in [-0.3, -0.25) is 9.59 Å². The second-order valence-electron chi connectivity index (χ2n) is 6.35. The van der Waals surface area contributed by atoms with Gasteiger partial charge in [-0.05, 0) is 31.4 Å². The molecule has 1 N–H and O–H groups in total. The summed E-state index contributed by atoms with van der Waals surface area (Å²) in [5.41, 5.74) is 0. The highest BCUT2D eigenvalue weighted by atomic mass is 16.5. The van der Waals surface area contributed by atoms with E-state index in [1.54, 1.807) is 4.90 Å². The van der Waals surface area contributed by atoms with Crippen LogP contribution in [0.15, 0.2) is 30.3 Å². The molecule has 3 rings (SSSR count). The van der Waals surface area contributed by atoms with Gasteiger partial charge >= 0.3 is 0 Å². The molecule has 2 aliphatic heterocycles. The van der Waals surface area contributed by atoms with Crippen LogP contribution in [0, 0.1) is 5.92 Å². The maximum atomic E-state index is 12.2. The number of hydrogen-bond donors (Lipinski definition) is 1. The molecule has 0 aromatic heterocycles. The van der Waals surface area contributed by atoms with Crippen molar-refractivity contribution in [3.63, 3.8) is 0 Å². The maximum absolute atomic E-state index is 12.2. The number of nitrogens with zero attached hydrogens (tertiary/aromatic N) is 1. The van der Waals surface area contributed by atoms with Gasteiger partial charge in [0, 0.05) is 25.7 Å². The van der Waals surface area contributed by atoms with E-state index < -0.39 is 0 Å². The third-order valence-corrected chi connectivity index (χ3v) is 4.52. The third-order valence-electron chi connectivity index (χ3n) is 4.52. The summed E-state index contributed by atoms with van der Waals surface area (Å²) in [6.45, 7) is 2.49. The Morgan fingerprint density at radius 3 is 2.83 bits per heavy atom. The number of likely N-dealkylation sites (tertiary alicyclic amines) is 1. The van der Waals surface area contributed by atoms with Gasteiger partial charge < -0.3 is 19.7 Å². The summed E-state index contributed by atoms with van der Waals surface area (Å²) in [6.07, 6.45) is 2.60. The van der Waals surface area contributed by atoms with Crippen LogP contribution in [0.25, 0.3) is 0 Å². The molecule has 6 heteroatoms. The first-order valence-electron chi connectivity index (χ1n) is 8.56. The van der Waals surface area contributed by atoms with E-state index in [9.17, 15) is 9.59 Å². The van der Waals surface area contributed by atoms with E-state index >= 15 is 0 Å². The molecule has 0 spiro atoms. The summed E-state index contributed by atoms with van der Waals surface area (Å²) in [6, 6.07) is 9.32. The van der Waals surface area contributed by atoms with E-state index in [4.69, 9.17) is 9.47 Å². The largest absolute Gasteiger partial charge is 0.484 e. The summed E-state index contributed by atoms with van der Waals surface area (Å²) in [5, 5.41) is 3.05. The molecular weight excluding hydrogens is 308 g/mol. The molecular formula is C18H24N2O4. The molecule has 2 atom stereocenters. The first-order valence-corrected chi connectivity index (χ1v) is 8.56. The van der Waals surface area contributed by atoms with Crippen molar-refractivity contribution in [2.75, 3.05) is 32.9 Å². The van der Waals surface area contributed by atoms with Crippen molar-refractivity contribution < 1.29 is 19.1 Å². The lowest BCUT2D eigenvalue weighted by Crippen LogP contribution is -2.43. The second-order valence-corrected chi connectivity index (χ2v) is 6.35. The molecule has 0 aliphatic carbocycles. The zero-order chi connectivity index (χ0) is 16.8. The van der Waals surface area contributed by atoms with Gasteiger partial charge in [-0.25, -0.2) is 0 Å². The highest BCUT2D eigenvalue weighted by Crippen LogP contribution is 2.16. The van der Waals surface area contributed by atoms with Gasteiger partial charge in [0.1, 0.15) is 5.75 Å². The molecule has 2 heterocycles. The molecule has 1 aromatic carbocycles. The van der Waals surface area contributed by atoms with Crippen molar-refractivity contribution in [1.29, 1.82) is 0 Å². The summed E-state index contributed by atoms with van der Waals surface area (Å²) in [7, 11) is 0. The molecule has 1 aromatic rings. The lowest BCUT2D eigenvalue weighted by atomic mass is 10.0. The first-order chi connectivity index (χ1) is 11.7. The third kappa shape index (κ3) is 4.47. The molecule has 130 valence electrons. The molecule has 0 radical (unpaired) electrons. The summed E-state index contributed by atoms with van der Waals surface area (Å²) < 4.78 is 10.9. The lowest BCUT2D eigenvalue weighted by Gasteiger charge is -2.23. The Labute approximate surface area is 142 Å². The molecule has 0 saturated carbocycles. The van der Waals surface area contributed by atoms with E-state index in [2.05, 4.69) is 5.32 Å². The van der Waals surface area contributed by atoms with Crippen molar-refractivity contribution in [1.82, 2.24) is 10.2 Å². The number of hydrogen-bond acceptors (Lipinski definition) is 4. The Hall–Kier alpha value is -2.08. The maximum Gasteiger partial charge on any atom is 0.260 e. The molecule has 0 bridgehead atoms.